The molecule has 0 saturated carbocycles. The number of rotatable bonds is 4. The summed E-state index contributed by atoms with van der Waals surface area (Å²) in [5.41, 5.74) is 2.48. The second kappa shape index (κ2) is 6.58. The molecule has 1 aliphatic rings. The average Bonchev–Trinajstić information content (AvgIpc) is 2.92. The number of carbonyl (C=O) groups excluding carboxylic acids is 1. The van der Waals surface area contributed by atoms with Crippen molar-refractivity contribution in [3.05, 3.63) is 75.1 Å². The lowest BCUT2D eigenvalue weighted by Gasteiger charge is -2.21. The van der Waals surface area contributed by atoms with E-state index in [9.17, 15) is 9.59 Å². The number of benzene rings is 2. The van der Waals surface area contributed by atoms with Crippen LogP contribution in [-0.2, 0) is 0 Å². The van der Waals surface area contributed by atoms with E-state index in [0.29, 0.717) is 23.1 Å². The zero-order valence-electron chi connectivity index (χ0n) is 15.6. The van der Waals surface area contributed by atoms with Crippen molar-refractivity contribution in [2.24, 2.45) is 0 Å². The predicted octanol–water partition coefficient (Wildman–Crippen LogP) is 4.07. The number of aryl methyl sites for hydroxylation is 1. The summed E-state index contributed by atoms with van der Waals surface area (Å²) in [5, 5.41) is 0.500. The summed E-state index contributed by atoms with van der Waals surface area (Å²) >= 11 is 0. The van der Waals surface area contributed by atoms with Crippen LogP contribution in [0.2, 0.25) is 0 Å². The lowest BCUT2D eigenvalue weighted by molar-refractivity contribution is 0.0771. The van der Waals surface area contributed by atoms with Gasteiger partial charge < -0.3 is 14.1 Å². The zero-order valence-corrected chi connectivity index (χ0v) is 15.6. The highest BCUT2D eigenvalue weighted by atomic mass is 16.5. The second-order valence-electron chi connectivity index (χ2n) is 6.91. The molecule has 0 spiro atoms. The molecule has 1 aliphatic heterocycles. The van der Waals surface area contributed by atoms with Crippen molar-refractivity contribution < 1.29 is 13.9 Å². The fourth-order valence-corrected chi connectivity index (χ4v) is 3.59. The number of hydrogen-bond donors (Lipinski definition) is 0. The van der Waals surface area contributed by atoms with Gasteiger partial charge in [-0.2, -0.15) is 0 Å². The third-order valence-corrected chi connectivity index (χ3v) is 4.90. The molecule has 0 N–H and O–H groups in total. The highest BCUT2D eigenvalue weighted by Crippen LogP contribution is 2.37. The van der Waals surface area contributed by atoms with Gasteiger partial charge in [-0.15, -0.1) is 0 Å². The molecule has 0 radical (unpaired) electrons. The molecule has 0 bridgehead atoms. The molecule has 5 nitrogen and oxygen atoms in total. The Hall–Kier alpha value is -3.08. The minimum atomic E-state index is -0.487. The highest BCUT2D eigenvalue weighted by Gasteiger charge is 2.40. The molecule has 2 aromatic carbocycles. The monoisotopic (exact) mass is 363 g/mol. The quantitative estimate of drug-likeness (QED) is 0.701. The van der Waals surface area contributed by atoms with Crippen molar-refractivity contribution in [1.82, 2.24) is 4.90 Å². The van der Waals surface area contributed by atoms with Crippen LogP contribution in [0.1, 0.15) is 46.6 Å². The number of nitrogens with zero attached hydrogens (tertiary/aromatic N) is 1. The summed E-state index contributed by atoms with van der Waals surface area (Å²) in [5.74, 6) is 0.572. The topological polar surface area (TPSA) is 59.8 Å². The van der Waals surface area contributed by atoms with Gasteiger partial charge in [-0.05, 0) is 43.2 Å². The maximum Gasteiger partial charge on any atom is 0.290 e. The molecule has 27 heavy (non-hydrogen) atoms. The van der Waals surface area contributed by atoms with Crippen LogP contribution in [0.15, 0.2) is 51.7 Å². The largest absolute Gasteiger partial charge is 0.494 e. The molecule has 0 saturated heterocycles. The van der Waals surface area contributed by atoms with Gasteiger partial charge in [0.2, 0.25) is 5.76 Å². The van der Waals surface area contributed by atoms with Gasteiger partial charge in [-0.1, -0.05) is 30.7 Å². The van der Waals surface area contributed by atoms with Crippen LogP contribution in [-0.4, -0.2) is 24.5 Å². The maximum atomic E-state index is 13.2. The first kappa shape index (κ1) is 17.3. The van der Waals surface area contributed by atoms with Gasteiger partial charge in [0.25, 0.3) is 5.91 Å². The average molecular weight is 363 g/mol. The number of amides is 1. The smallest absolute Gasteiger partial charge is 0.290 e. The van der Waals surface area contributed by atoms with E-state index >= 15 is 0 Å². The van der Waals surface area contributed by atoms with E-state index < -0.39 is 6.04 Å². The van der Waals surface area contributed by atoms with Crippen LogP contribution < -0.4 is 10.2 Å². The lowest BCUT2D eigenvalue weighted by atomic mass is 9.98. The van der Waals surface area contributed by atoms with E-state index in [1.165, 1.54) is 0 Å². The first-order valence-electron chi connectivity index (χ1n) is 9.08. The molecule has 3 aromatic rings. The zero-order chi connectivity index (χ0) is 19.1. The molecule has 1 atom stereocenters. The molecule has 0 aliphatic carbocycles. The summed E-state index contributed by atoms with van der Waals surface area (Å²) in [4.78, 5) is 27.6. The lowest BCUT2D eigenvalue weighted by Crippen LogP contribution is -2.25. The van der Waals surface area contributed by atoms with Crippen molar-refractivity contribution in [3.63, 3.8) is 0 Å². The minimum absolute atomic E-state index is 0.128. The summed E-state index contributed by atoms with van der Waals surface area (Å²) in [7, 11) is 1.69. The van der Waals surface area contributed by atoms with Crippen molar-refractivity contribution in [3.8, 4) is 5.75 Å². The van der Waals surface area contributed by atoms with Gasteiger partial charge in [0.1, 0.15) is 11.3 Å². The summed E-state index contributed by atoms with van der Waals surface area (Å²) in [6.07, 6.45) is 0.907. The van der Waals surface area contributed by atoms with Gasteiger partial charge in [-0.3, -0.25) is 9.59 Å². The van der Waals surface area contributed by atoms with Crippen molar-refractivity contribution in [1.29, 1.82) is 0 Å². The van der Waals surface area contributed by atoms with E-state index in [-0.39, 0.29) is 17.1 Å². The van der Waals surface area contributed by atoms with Crippen LogP contribution in [0.3, 0.4) is 0 Å². The van der Waals surface area contributed by atoms with Crippen LogP contribution in [0.5, 0.6) is 5.75 Å². The molecule has 138 valence electrons. The van der Waals surface area contributed by atoms with Gasteiger partial charge >= 0.3 is 0 Å². The van der Waals surface area contributed by atoms with Crippen molar-refractivity contribution in [2.75, 3.05) is 13.7 Å². The molecular weight excluding hydrogens is 342 g/mol. The summed E-state index contributed by atoms with van der Waals surface area (Å²) in [6, 6.07) is 12.5. The highest BCUT2D eigenvalue weighted by molar-refractivity contribution is 5.98. The van der Waals surface area contributed by atoms with Gasteiger partial charge in [0.15, 0.2) is 5.43 Å². The molecule has 1 unspecified atom stereocenters. The molecule has 2 heterocycles. The van der Waals surface area contributed by atoms with Gasteiger partial charge in [0, 0.05) is 7.05 Å². The number of ether oxygens (including phenoxy) is 1. The normalized spacial score (nSPS) is 16.0. The summed E-state index contributed by atoms with van der Waals surface area (Å²) < 4.78 is 11.6. The van der Waals surface area contributed by atoms with Gasteiger partial charge in [0.05, 0.1) is 23.6 Å². The predicted molar refractivity (Wildman–Crippen MR) is 103 cm³/mol. The Balaban J connectivity index is 1.90. The Morgan fingerprint density at radius 1 is 1.15 bits per heavy atom. The Morgan fingerprint density at radius 3 is 2.74 bits per heavy atom. The fraction of sp³-hybridized carbons (Fsp3) is 0.273. The van der Waals surface area contributed by atoms with Crippen LogP contribution in [0, 0.1) is 6.92 Å². The molecule has 0 fully saturated rings. The molecule has 5 heteroatoms. The van der Waals surface area contributed by atoms with Crippen LogP contribution in [0.25, 0.3) is 11.0 Å². The minimum Gasteiger partial charge on any atom is -0.494 e. The van der Waals surface area contributed by atoms with E-state index in [1.54, 1.807) is 18.0 Å². The van der Waals surface area contributed by atoms with E-state index in [1.807, 2.05) is 50.2 Å². The van der Waals surface area contributed by atoms with E-state index in [2.05, 4.69) is 0 Å². The molecule has 4 rings (SSSR count). The Labute approximate surface area is 157 Å². The third-order valence-electron chi connectivity index (χ3n) is 4.90. The first-order valence-corrected chi connectivity index (χ1v) is 9.08. The first-order chi connectivity index (χ1) is 13.0. The molecular formula is C22H21NO4. The summed E-state index contributed by atoms with van der Waals surface area (Å²) in [6.45, 7) is 4.59. The Morgan fingerprint density at radius 2 is 1.96 bits per heavy atom. The molecule has 1 amide bonds. The third kappa shape index (κ3) is 2.79. The number of hydrogen-bond acceptors (Lipinski definition) is 4. The van der Waals surface area contributed by atoms with Crippen molar-refractivity contribution >= 4 is 16.9 Å². The number of carbonyl (C=O) groups is 1. The second-order valence-corrected chi connectivity index (χ2v) is 6.91. The standard InChI is InChI=1S/C22H21NO4/c1-4-10-26-15-7-5-6-14(12-15)19-18-20(24)16-11-13(2)8-9-17(16)27-21(18)22(25)23(19)3/h5-9,11-12,19H,4,10H2,1-3H3. The fourth-order valence-electron chi connectivity index (χ4n) is 3.59. The van der Waals surface area contributed by atoms with Gasteiger partial charge in [-0.25, -0.2) is 0 Å². The Kier molecular flexibility index (Phi) is 4.22. The SMILES string of the molecule is CCCOc1cccc(C2c3c(oc4ccc(C)cc4c3=O)C(=O)N2C)c1. The van der Waals surface area contributed by atoms with Crippen molar-refractivity contribution in [2.45, 2.75) is 26.3 Å². The Bertz CT molecular complexity index is 1100. The number of fused-ring (bicyclic) bond motifs is 2. The molecule has 1 aromatic heterocycles. The van der Waals surface area contributed by atoms with Crippen LogP contribution >= 0.6 is 0 Å². The van der Waals surface area contributed by atoms with Crippen LogP contribution in [0.4, 0.5) is 0 Å². The van der Waals surface area contributed by atoms with E-state index in [4.69, 9.17) is 9.15 Å². The maximum absolute atomic E-state index is 13.2. The van der Waals surface area contributed by atoms with E-state index in [0.717, 1.165) is 23.3 Å².